The molecule has 26 heavy (non-hydrogen) atoms. The number of benzene rings is 1. The van der Waals surface area contributed by atoms with Gasteiger partial charge in [0.15, 0.2) is 5.39 Å². The smallest absolute Gasteiger partial charge is 0.293 e. The molecule has 3 heterocycles. The van der Waals surface area contributed by atoms with Gasteiger partial charge in [-0.25, -0.2) is 4.39 Å². The van der Waals surface area contributed by atoms with E-state index in [0.717, 1.165) is 19.3 Å². The normalized spacial score (nSPS) is 20.1. The number of anilines is 1. The van der Waals surface area contributed by atoms with Crippen molar-refractivity contribution in [2.45, 2.75) is 31.3 Å². The van der Waals surface area contributed by atoms with Crippen LogP contribution in [-0.2, 0) is 0 Å². The van der Waals surface area contributed by atoms with Gasteiger partial charge in [0.1, 0.15) is 5.82 Å². The highest BCUT2D eigenvalue weighted by Crippen LogP contribution is 2.40. The Morgan fingerprint density at radius 1 is 1.23 bits per heavy atom. The average molecular weight is 381 g/mol. The number of nitrogens with zero attached hydrogens (tertiary/aromatic N) is 2. The number of halogens is 2. The Hall–Kier alpha value is -2.32. The van der Waals surface area contributed by atoms with Crippen LogP contribution in [0.1, 0.15) is 25.3 Å². The monoisotopic (exact) mass is 380 g/mol. The quantitative estimate of drug-likeness (QED) is 0.707. The topological polar surface area (TPSA) is 97.3 Å². The van der Waals surface area contributed by atoms with Crippen LogP contribution in [0, 0.1) is 5.82 Å². The van der Waals surface area contributed by atoms with Crippen LogP contribution in [0.4, 0.5) is 10.1 Å². The number of aromatic amines is 1. The first-order valence-electron chi connectivity index (χ1n) is 8.44. The second-order valence-corrected chi connectivity index (χ2v) is 6.96. The first kappa shape index (κ1) is 17.1. The summed E-state index contributed by atoms with van der Waals surface area (Å²) in [6, 6.07) is 3.10. The number of fused-ring (bicyclic) bond motifs is 2. The molecule has 5 rings (SSSR count). The number of aromatic nitrogens is 2. The minimum Gasteiger partial charge on any atom is -0.367 e. The van der Waals surface area contributed by atoms with Gasteiger partial charge in [-0.1, -0.05) is 0 Å². The van der Waals surface area contributed by atoms with Gasteiger partial charge in [-0.2, -0.15) is 5.16 Å². The zero-order chi connectivity index (χ0) is 17.3. The van der Waals surface area contributed by atoms with Crippen molar-refractivity contribution in [1.82, 2.24) is 9.72 Å². The highest BCUT2D eigenvalue weighted by molar-refractivity contribution is 5.93. The Morgan fingerprint density at radius 2 is 2.00 bits per heavy atom. The summed E-state index contributed by atoms with van der Waals surface area (Å²) in [5, 5.41) is 2.39. The summed E-state index contributed by atoms with van der Waals surface area (Å²) >= 11 is 0. The molecule has 2 aromatic heterocycles. The minimum atomic E-state index is -0.577. The molecule has 3 N–H and O–H groups in total. The predicted molar refractivity (Wildman–Crippen MR) is 98.9 cm³/mol. The lowest BCUT2D eigenvalue weighted by Crippen LogP contribution is -2.27. The Balaban J connectivity index is 0.00000168. The number of hydrogen-bond acceptors (Lipinski definition) is 5. The highest BCUT2D eigenvalue weighted by Gasteiger charge is 2.31. The molecule has 0 radical (unpaired) electrons. The first-order chi connectivity index (χ1) is 12.0. The minimum absolute atomic E-state index is 0. The third-order valence-electron chi connectivity index (χ3n) is 5.17. The number of nitrogens with one attached hydrogen (secondary N) is 1. The second kappa shape index (κ2) is 5.85. The van der Waals surface area contributed by atoms with Gasteiger partial charge < -0.3 is 19.7 Å². The SMILES string of the molecule is Cl.NC1CCN(c2cc3c(cc2F)c(=O)c2c(=O)[nH]oc2n3C2CC2)C1. The maximum Gasteiger partial charge on any atom is 0.293 e. The Bertz CT molecular complexity index is 1130. The van der Waals surface area contributed by atoms with Gasteiger partial charge in [-0.05, 0) is 31.4 Å². The van der Waals surface area contributed by atoms with Gasteiger partial charge >= 0.3 is 0 Å². The predicted octanol–water partition coefficient (Wildman–Crippen LogP) is 1.87. The van der Waals surface area contributed by atoms with Gasteiger partial charge in [0, 0.05) is 30.6 Å². The van der Waals surface area contributed by atoms with E-state index in [-0.39, 0.29) is 41.0 Å². The number of rotatable bonds is 2. The molecule has 2 aliphatic rings. The van der Waals surface area contributed by atoms with Gasteiger partial charge in [0.2, 0.25) is 11.1 Å². The molecule has 1 aromatic carbocycles. The molecule has 138 valence electrons. The number of hydrogen-bond donors (Lipinski definition) is 2. The van der Waals surface area contributed by atoms with E-state index in [4.69, 9.17) is 10.3 Å². The molecular weight excluding hydrogens is 363 g/mol. The van der Waals surface area contributed by atoms with Crippen molar-refractivity contribution in [3.8, 4) is 0 Å². The Kier molecular flexibility index (Phi) is 3.85. The van der Waals surface area contributed by atoms with Crippen molar-refractivity contribution in [1.29, 1.82) is 0 Å². The van der Waals surface area contributed by atoms with Crippen LogP contribution in [0.15, 0.2) is 26.2 Å². The van der Waals surface area contributed by atoms with Crippen LogP contribution in [-0.4, -0.2) is 28.9 Å². The molecule has 1 atom stereocenters. The van der Waals surface area contributed by atoms with Crippen LogP contribution in [0.3, 0.4) is 0 Å². The van der Waals surface area contributed by atoms with E-state index in [0.29, 0.717) is 24.3 Å². The summed E-state index contributed by atoms with van der Waals surface area (Å²) in [6.07, 6.45) is 2.67. The zero-order valence-corrected chi connectivity index (χ0v) is 14.6. The first-order valence-corrected chi connectivity index (χ1v) is 8.44. The maximum absolute atomic E-state index is 14.7. The Labute approximate surface area is 152 Å². The lowest BCUT2D eigenvalue weighted by Gasteiger charge is -2.20. The number of pyridine rings is 1. The van der Waals surface area contributed by atoms with Crippen LogP contribution in [0.2, 0.25) is 0 Å². The molecule has 3 aromatic rings. The van der Waals surface area contributed by atoms with Gasteiger partial charge in [0.05, 0.1) is 11.2 Å². The lowest BCUT2D eigenvalue weighted by molar-refractivity contribution is 0.428. The van der Waals surface area contributed by atoms with Crippen LogP contribution in [0.25, 0.3) is 22.0 Å². The van der Waals surface area contributed by atoms with Crippen LogP contribution in [0.5, 0.6) is 0 Å². The van der Waals surface area contributed by atoms with Crippen LogP contribution >= 0.6 is 12.4 Å². The van der Waals surface area contributed by atoms with E-state index in [1.807, 2.05) is 9.47 Å². The molecule has 0 spiro atoms. The maximum atomic E-state index is 14.7. The summed E-state index contributed by atoms with van der Waals surface area (Å²) in [5.74, 6) is -0.472. The fraction of sp³-hybridized carbons (Fsp3) is 0.412. The van der Waals surface area contributed by atoms with E-state index in [1.54, 1.807) is 6.07 Å². The number of H-pyrrole nitrogens is 1. The van der Waals surface area contributed by atoms with E-state index in [1.165, 1.54) is 6.07 Å². The largest absolute Gasteiger partial charge is 0.367 e. The molecule has 1 unspecified atom stereocenters. The highest BCUT2D eigenvalue weighted by atomic mass is 35.5. The van der Waals surface area contributed by atoms with Crippen molar-refractivity contribution >= 4 is 40.1 Å². The van der Waals surface area contributed by atoms with Crippen LogP contribution < -0.4 is 21.6 Å². The lowest BCUT2D eigenvalue weighted by atomic mass is 10.1. The number of nitrogens with two attached hydrogens (primary N) is 1. The van der Waals surface area contributed by atoms with E-state index < -0.39 is 16.8 Å². The zero-order valence-electron chi connectivity index (χ0n) is 13.8. The standard InChI is InChI=1S/C17H17FN4O3.ClH/c18-11-5-10-12(6-13(11)21-4-3-8(19)7-21)22(9-1-2-9)17-14(15(10)23)16(24)20-25-17;/h5-6,8-9H,1-4,7,19H2,(H,20,24);1H. The van der Waals surface area contributed by atoms with Crippen molar-refractivity contribution < 1.29 is 8.91 Å². The molecule has 0 amide bonds. The average Bonchev–Trinajstić information content (AvgIpc) is 3.21. The summed E-state index contributed by atoms with van der Waals surface area (Å²) in [4.78, 5) is 26.6. The summed E-state index contributed by atoms with van der Waals surface area (Å²) in [6.45, 7) is 1.26. The molecule has 1 saturated carbocycles. The molecule has 1 aliphatic heterocycles. The fourth-order valence-corrected chi connectivity index (χ4v) is 3.78. The third-order valence-corrected chi connectivity index (χ3v) is 5.17. The molecule has 2 fully saturated rings. The molecule has 0 bridgehead atoms. The molecule has 1 aliphatic carbocycles. The van der Waals surface area contributed by atoms with Gasteiger partial charge in [-0.15, -0.1) is 12.4 Å². The third kappa shape index (κ3) is 2.36. The van der Waals surface area contributed by atoms with E-state index >= 15 is 0 Å². The van der Waals surface area contributed by atoms with Gasteiger partial charge in [-0.3, -0.25) is 9.59 Å². The van der Waals surface area contributed by atoms with Crippen molar-refractivity contribution in [2.75, 3.05) is 18.0 Å². The van der Waals surface area contributed by atoms with Crippen molar-refractivity contribution in [3.63, 3.8) is 0 Å². The van der Waals surface area contributed by atoms with E-state index in [2.05, 4.69) is 5.16 Å². The second-order valence-electron chi connectivity index (χ2n) is 6.96. The van der Waals surface area contributed by atoms with Crippen molar-refractivity contribution in [2.24, 2.45) is 5.73 Å². The summed E-state index contributed by atoms with van der Waals surface area (Å²) in [7, 11) is 0. The summed E-state index contributed by atoms with van der Waals surface area (Å²) in [5.41, 5.74) is 6.13. The Morgan fingerprint density at radius 3 is 2.65 bits per heavy atom. The summed E-state index contributed by atoms with van der Waals surface area (Å²) < 4.78 is 21.8. The fourth-order valence-electron chi connectivity index (χ4n) is 3.78. The van der Waals surface area contributed by atoms with E-state index in [9.17, 15) is 14.0 Å². The molecule has 7 nitrogen and oxygen atoms in total. The van der Waals surface area contributed by atoms with Crippen molar-refractivity contribution in [3.05, 3.63) is 38.5 Å². The molecule has 1 saturated heterocycles. The van der Waals surface area contributed by atoms with Gasteiger partial charge in [0.25, 0.3) is 5.56 Å². The molecular formula is C17H18ClFN4O3. The molecule has 9 heteroatoms.